The van der Waals surface area contributed by atoms with Crippen LogP contribution in [0.4, 0.5) is 0 Å². The van der Waals surface area contributed by atoms with Gasteiger partial charge in [0.05, 0.1) is 26.3 Å². The fourth-order valence-corrected chi connectivity index (χ4v) is 2.73. The van der Waals surface area contributed by atoms with E-state index in [4.69, 9.17) is 9.47 Å². The first kappa shape index (κ1) is 17.8. The second-order valence-corrected chi connectivity index (χ2v) is 6.45. The van der Waals surface area contributed by atoms with Gasteiger partial charge in [-0.15, -0.1) is 0 Å². The van der Waals surface area contributed by atoms with E-state index in [1.165, 1.54) is 4.90 Å². The summed E-state index contributed by atoms with van der Waals surface area (Å²) >= 11 is 0. The van der Waals surface area contributed by atoms with E-state index in [1.807, 2.05) is 13.0 Å². The van der Waals surface area contributed by atoms with Crippen LogP contribution < -0.4 is 15.0 Å². The molecule has 0 atom stereocenters. The molecule has 23 heavy (non-hydrogen) atoms. The van der Waals surface area contributed by atoms with Crippen LogP contribution in [0.15, 0.2) is 18.2 Å². The number of benzene rings is 1. The maximum Gasteiger partial charge on any atom is 0.258 e. The second kappa shape index (κ2) is 8.89. The van der Waals surface area contributed by atoms with E-state index in [-0.39, 0.29) is 12.5 Å². The molecule has 1 heterocycles. The van der Waals surface area contributed by atoms with E-state index in [2.05, 4.69) is 31.3 Å². The van der Waals surface area contributed by atoms with Crippen molar-refractivity contribution in [2.24, 2.45) is 0 Å². The van der Waals surface area contributed by atoms with Gasteiger partial charge in [0, 0.05) is 0 Å². The Morgan fingerprint density at radius 1 is 1.35 bits per heavy atom. The van der Waals surface area contributed by atoms with Crippen molar-refractivity contribution in [3.63, 3.8) is 0 Å². The molecule has 1 fully saturated rings. The zero-order valence-electron chi connectivity index (χ0n) is 14.5. The Hall–Kier alpha value is -1.59. The first-order valence-electron chi connectivity index (χ1n) is 8.47. The van der Waals surface area contributed by atoms with Crippen LogP contribution in [-0.4, -0.2) is 51.9 Å². The highest BCUT2D eigenvalue weighted by molar-refractivity contribution is 5.77. The predicted molar refractivity (Wildman–Crippen MR) is 90.2 cm³/mol. The third kappa shape index (κ3) is 5.84. The van der Waals surface area contributed by atoms with Crippen LogP contribution in [0.5, 0.6) is 5.75 Å². The number of quaternary nitrogens is 1. The number of ether oxygens (including phenoxy) is 2. The van der Waals surface area contributed by atoms with Gasteiger partial charge >= 0.3 is 0 Å². The Kier molecular flexibility index (Phi) is 6.86. The summed E-state index contributed by atoms with van der Waals surface area (Å²) in [7, 11) is 0. The number of morpholine rings is 1. The molecule has 2 rings (SSSR count). The van der Waals surface area contributed by atoms with Crippen molar-refractivity contribution in [3.8, 4) is 5.75 Å². The van der Waals surface area contributed by atoms with Gasteiger partial charge < -0.3 is 19.7 Å². The number of amides is 1. The number of carbonyl (C=O) groups excluding carboxylic acids is 1. The van der Waals surface area contributed by atoms with Gasteiger partial charge in [0.1, 0.15) is 18.8 Å². The average molecular weight is 321 g/mol. The normalized spacial score (nSPS) is 15.7. The maximum absolute atomic E-state index is 12.0. The van der Waals surface area contributed by atoms with E-state index >= 15 is 0 Å². The largest absolute Gasteiger partial charge is 0.483 e. The number of nitrogens with one attached hydrogen (secondary N) is 2. The number of hydrogen-bond acceptors (Lipinski definition) is 3. The van der Waals surface area contributed by atoms with E-state index < -0.39 is 0 Å². The summed E-state index contributed by atoms with van der Waals surface area (Å²) in [5.41, 5.74) is 2.28. The minimum absolute atomic E-state index is 0.0612. The van der Waals surface area contributed by atoms with Crippen LogP contribution >= 0.6 is 0 Å². The molecule has 0 aromatic heterocycles. The molecule has 1 aliphatic heterocycles. The zero-order chi connectivity index (χ0) is 16.7. The lowest BCUT2D eigenvalue weighted by atomic mass is 10.0. The summed E-state index contributed by atoms with van der Waals surface area (Å²) in [5.74, 6) is 1.13. The molecule has 0 spiro atoms. The third-order valence-corrected chi connectivity index (χ3v) is 4.15. The lowest BCUT2D eigenvalue weighted by Gasteiger charge is -2.23. The fourth-order valence-electron chi connectivity index (χ4n) is 2.73. The number of hydrogen-bond donors (Lipinski definition) is 2. The van der Waals surface area contributed by atoms with Crippen LogP contribution in [-0.2, 0) is 9.53 Å². The zero-order valence-corrected chi connectivity index (χ0v) is 14.5. The molecule has 1 aromatic rings. The van der Waals surface area contributed by atoms with Gasteiger partial charge in [-0.2, -0.15) is 0 Å². The third-order valence-electron chi connectivity index (χ3n) is 4.15. The Balaban J connectivity index is 1.74. The summed E-state index contributed by atoms with van der Waals surface area (Å²) in [6.45, 7) is 11.7. The minimum atomic E-state index is -0.0612. The SMILES string of the molecule is Cc1ccc(C(C)C)c(OCC(=O)NCC[NH+]2CCOCC2)c1. The molecule has 1 amide bonds. The van der Waals surface area contributed by atoms with E-state index in [1.54, 1.807) is 0 Å². The molecular formula is C18H29N2O3+. The van der Waals surface area contributed by atoms with Crippen molar-refractivity contribution >= 4 is 5.91 Å². The highest BCUT2D eigenvalue weighted by Crippen LogP contribution is 2.27. The molecule has 1 saturated heterocycles. The first-order valence-corrected chi connectivity index (χ1v) is 8.47. The monoisotopic (exact) mass is 321 g/mol. The predicted octanol–water partition coefficient (Wildman–Crippen LogP) is 0.529. The Morgan fingerprint density at radius 2 is 2.09 bits per heavy atom. The van der Waals surface area contributed by atoms with Gasteiger partial charge in [0.2, 0.25) is 0 Å². The topological polar surface area (TPSA) is 52.0 Å². The molecule has 1 aromatic carbocycles. The van der Waals surface area contributed by atoms with E-state index in [9.17, 15) is 4.79 Å². The Morgan fingerprint density at radius 3 is 2.78 bits per heavy atom. The smallest absolute Gasteiger partial charge is 0.258 e. The van der Waals surface area contributed by atoms with Crippen LogP contribution in [0.3, 0.4) is 0 Å². The maximum atomic E-state index is 12.0. The van der Waals surface area contributed by atoms with Gasteiger partial charge in [-0.25, -0.2) is 0 Å². The number of carbonyl (C=O) groups is 1. The molecule has 2 N–H and O–H groups in total. The lowest BCUT2D eigenvalue weighted by molar-refractivity contribution is -0.906. The number of aryl methyl sites for hydroxylation is 1. The molecule has 5 heteroatoms. The molecule has 0 unspecified atom stereocenters. The molecule has 0 saturated carbocycles. The van der Waals surface area contributed by atoms with E-state index in [0.717, 1.165) is 49.7 Å². The lowest BCUT2D eigenvalue weighted by Crippen LogP contribution is -3.14. The van der Waals surface area contributed by atoms with Crippen LogP contribution in [0.1, 0.15) is 30.9 Å². The van der Waals surface area contributed by atoms with Gasteiger partial charge in [-0.3, -0.25) is 4.79 Å². The van der Waals surface area contributed by atoms with E-state index in [0.29, 0.717) is 12.5 Å². The molecular weight excluding hydrogens is 292 g/mol. The standard InChI is InChI=1S/C18H28N2O3/c1-14(2)16-5-4-15(3)12-17(16)23-13-18(21)19-6-7-20-8-10-22-11-9-20/h4-5,12,14H,6-11,13H2,1-3H3,(H,19,21)/p+1. The van der Waals surface area contributed by atoms with Gasteiger partial charge in [0.25, 0.3) is 5.91 Å². The molecule has 128 valence electrons. The van der Waals surface area contributed by atoms with Crippen LogP contribution in [0, 0.1) is 6.92 Å². The second-order valence-electron chi connectivity index (χ2n) is 6.45. The molecule has 1 aliphatic rings. The highest BCUT2D eigenvalue weighted by atomic mass is 16.5. The summed E-state index contributed by atoms with van der Waals surface area (Å²) in [6.07, 6.45) is 0. The van der Waals surface area contributed by atoms with Crippen molar-refractivity contribution in [1.82, 2.24) is 5.32 Å². The quantitative estimate of drug-likeness (QED) is 0.770. The van der Waals surface area contributed by atoms with Crippen LogP contribution in [0.25, 0.3) is 0 Å². The summed E-state index contributed by atoms with van der Waals surface area (Å²) in [6, 6.07) is 6.16. The number of rotatable bonds is 7. The summed E-state index contributed by atoms with van der Waals surface area (Å²) in [5, 5.41) is 2.94. The van der Waals surface area contributed by atoms with Gasteiger partial charge in [-0.1, -0.05) is 26.0 Å². The fraction of sp³-hybridized carbons (Fsp3) is 0.611. The van der Waals surface area contributed by atoms with Gasteiger partial charge in [-0.05, 0) is 30.0 Å². The average Bonchev–Trinajstić information content (AvgIpc) is 2.53. The molecule has 0 aliphatic carbocycles. The molecule has 0 radical (unpaired) electrons. The highest BCUT2D eigenvalue weighted by Gasteiger charge is 2.14. The van der Waals surface area contributed by atoms with Crippen molar-refractivity contribution in [2.75, 3.05) is 46.0 Å². The van der Waals surface area contributed by atoms with Crippen molar-refractivity contribution < 1.29 is 19.2 Å². The Labute approximate surface area is 139 Å². The summed E-state index contributed by atoms with van der Waals surface area (Å²) in [4.78, 5) is 13.4. The Bertz CT molecular complexity index is 511. The minimum Gasteiger partial charge on any atom is -0.483 e. The van der Waals surface area contributed by atoms with Crippen molar-refractivity contribution in [1.29, 1.82) is 0 Å². The molecule has 5 nitrogen and oxygen atoms in total. The van der Waals surface area contributed by atoms with Crippen LogP contribution in [0.2, 0.25) is 0 Å². The first-order chi connectivity index (χ1) is 11.1. The van der Waals surface area contributed by atoms with Crippen molar-refractivity contribution in [3.05, 3.63) is 29.3 Å². The molecule has 0 bridgehead atoms. The summed E-state index contributed by atoms with van der Waals surface area (Å²) < 4.78 is 11.1. The van der Waals surface area contributed by atoms with Crippen molar-refractivity contribution in [2.45, 2.75) is 26.7 Å². The van der Waals surface area contributed by atoms with Gasteiger partial charge in [0.15, 0.2) is 6.61 Å².